The van der Waals surface area contributed by atoms with Crippen LogP contribution < -0.4 is 10.5 Å². The molecule has 0 amide bonds. The number of aromatic nitrogens is 2. The van der Waals surface area contributed by atoms with Crippen molar-refractivity contribution in [3.05, 3.63) is 55.9 Å². The van der Waals surface area contributed by atoms with E-state index in [2.05, 4.69) is 41.9 Å². The molecule has 1 aliphatic rings. The first-order valence-electron chi connectivity index (χ1n) is 8.34. The van der Waals surface area contributed by atoms with Crippen molar-refractivity contribution in [1.82, 2.24) is 9.97 Å². The Morgan fingerprint density at radius 1 is 1.21 bits per heavy atom. The molecule has 0 saturated heterocycles. The van der Waals surface area contributed by atoms with Gasteiger partial charge in [0, 0.05) is 17.6 Å². The molecule has 1 N–H and O–H groups in total. The maximum atomic E-state index is 12.5. The number of aryl methyl sites for hydroxylation is 4. The maximum absolute atomic E-state index is 12.5. The molecule has 0 fully saturated rings. The highest BCUT2D eigenvalue weighted by molar-refractivity contribution is 7.18. The van der Waals surface area contributed by atoms with Crippen molar-refractivity contribution in [1.29, 1.82) is 0 Å². The van der Waals surface area contributed by atoms with Crippen LogP contribution in [-0.2, 0) is 19.4 Å². The first-order valence-corrected chi connectivity index (χ1v) is 9.16. The first-order chi connectivity index (χ1) is 11.5. The third kappa shape index (κ3) is 2.63. The summed E-state index contributed by atoms with van der Waals surface area (Å²) in [7, 11) is 2.03. The Bertz CT molecular complexity index is 966. The number of hydrogen-bond acceptors (Lipinski definition) is 4. The quantitative estimate of drug-likeness (QED) is 0.791. The summed E-state index contributed by atoms with van der Waals surface area (Å²) in [5.41, 5.74) is 4.87. The molecular weight excluding hydrogens is 318 g/mol. The van der Waals surface area contributed by atoms with Gasteiger partial charge in [-0.2, -0.15) is 0 Å². The summed E-state index contributed by atoms with van der Waals surface area (Å²) in [6.45, 7) is 4.80. The number of nitrogens with zero attached hydrogens (tertiary/aromatic N) is 2. The van der Waals surface area contributed by atoms with Gasteiger partial charge in [0.15, 0.2) is 0 Å². The van der Waals surface area contributed by atoms with Crippen molar-refractivity contribution >= 4 is 27.2 Å². The zero-order valence-electron chi connectivity index (χ0n) is 14.3. The number of anilines is 1. The first kappa shape index (κ1) is 15.4. The van der Waals surface area contributed by atoms with Crippen LogP contribution in [0.4, 0.5) is 5.69 Å². The highest BCUT2D eigenvalue weighted by atomic mass is 32.1. The van der Waals surface area contributed by atoms with Crippen molar-refractivity contribution in [3.8, 4) is 0 Å². The van der Waals surface area contributed by atoms with Crippen molar-refractivity contribution in [2.24, 2.45) is 0 Å². The number of hydrogen-bond donors (Lipinski definition) is 1. The van der Waals surface area contributed by atoms with Gasteiger partial charge in [-0.1, -0.05) is 6.07 Å². The molecule has 124 valence electrons. The molecule has 2 aromatic heterocycles. The van der Waals surface area contributed by atoms with Crippen molar-refractivity contribution < 1.29 is 0 Å². The van der Waals surface area contributed by atoms with Gasteiger partial charge in [0.2, 0.25) is 0 Å². The molecule has 1 aliphatic carbocycles. The number of aromatic amines is 1. The van der Waals surface area contributed by atoms with E-state index in [0.717, 1.165) is 41.0 Å². The van der Waals surface area contributed by atoms with Crippen molar-refractivity contribution in [2.75, 3.05) is 11.9 Å². The average molecular weight is 339 g/mol. The number of rotatable bonds is 3. The molecule has 0 atom stereocenters. The molecule has 0 radical (unpaired) electrons. The Morgan fingerprint density at radius 3 is 2.71 bits per heavy atom. The zero-order valence-corrected chi connectivity index (χ0v) is 15.1. The van der Waals surface area contributed by atoms with E-state index in [4.69, 9.17) is 4.98 Å². The molecule has 0 unspecified atom stereocenters. The van der Waals surface area contributed by atoms with Crippen LogP contribution in [0.25, 0.3) is 10.2 Å². The second-order valence-corrected chi connectivity index (χ2v) is 7.84. The molecule has 0 bridgehead atoms. The van der Waals surface area contributed by atoms with Gasteiger partial charge in [-0.05, 0) is 61.9 Å². The fourth-order valence-corrected chi connectivity index (χ4v) is 4.89. The van der Waals surface area contributed by atoms with Crippen molar-refractivity contribution in [2.45, 2.75) is 39.7 Å². The molecule has 0 saturated carbocycles. The fraction of sp³-hybridized carbons (Fsp3) is 0.368. The van der Waals surface area contributed by atoms with E-state index in [9.17, 15) is 4.79 Å². The van der Waals surface area contributed by atoms with E-state index >= 15 is 0 Å². The van der Waals surface area contributed by atoms with Crippen molar-refractivity contribution in [3.63, 3.8) is 0 Å². The van der Waals surface area contributed by atoms with Crippen LogP contribution in [0.5, 0.6) is 0 Å². The number of thiophene rings is 1. The molecule has 2 heterocycles. The predicted molar refractivity (Wildman–Crippen MR) is 100 cm³/mol. The number of benzene rings is 1. The number of H-pyrrole nitrogens is 1. The molecular formula is C19H21N3OS. The fourth-order valence-electron chi connectivity index (χ4n) is 3.61. The third-order valence-corrected chi connectivity index (χ3v) is 5.84. The lowest BCUT2D eigenvalue weighted by molar-refractivity contribution is 0.840. The molecule has 3 aromatic rings. The molecule has 4 rings (SSSR count). The predicted octanol–water partition coefficient (Wildman–Crippen LogP) is 3.73. The van der Waals surface area contributed by atoms with Gasteiger partial charge in [0.05, 0.1) is 11.9 Å². The minimum absolute atomic E-state index is 0.0169. The van der Waals surface area contributed by atoms with Gasteiger partial charge >= 0.3 is 0 Å². The molecule has 5 heteroatoms. The summed E-state index contributed by atoms with van der Waals surface area (Å²) >= 11 is 1.69. The van der Waals surface area contributed by atoms with E-state index in [1.165, 1.54) is 21.6 Å². The van der Waals surface area contributed by atoms with E-state index < -0.39 is 0 Å². The smallest absolute Gasteiger partial charge is 0.259 e. The van der Waals surface area contributed by atoms with Crippen LogP contribution in [0.1, 0.15) is 33.8 Å². The summed E-state index contributed by atoms with van der Waals surface area (Å²) in [6.07, 6.45) is 3.27. The van der Waals surface area contributed by atoms with E-state index in [1.807, 2.05) is 7.05 Å². The second-order valence-electron chi connectivity index (χ2n) is 6.75. The average Bonchev–Trinajstić information content (AvgIpc) is 3.06. The van der Waals surface area contributed by atoms with Crippen LogP contribution in [0.2, 0.25) is 0 Å². The summed E-state index contributed by atoms with van der Waals surface area (Å²) < 4.78 is 0. The minimum atomic E-state index is 0.0169. The second kappa shape index (κ2) is 5.74. The zero-order chi connectivity index (χ0) is 16.8. The highest BCUT2D eigenvalue weighted by Crippen LogP contribution is 2.34. The Kier molecular flexibility index (Phi) is 3.68. The normalized spacial score (nSPS) is 13.5. The van der Waals surface area contributed by atoms with Crippen LogP contribution >= 0.6 is 11.3 Å². The lowest BCUT2D eigenvalue weighted by Gasteiger charge is -2.19. The molecule has 1 aromatic carbocycles. The summed E-state index contributed by atoms with van der Waals surface area (Å²) in [5.74, 6) is 0.731. The Hall–Kier alpha value is -2.14. The van der Waals surface area contributed by atoms with Crippen LogP contribution in [-0.4, -0.2) is 17.0 Å². The summed E-state index contributed by atoms with van der Waals surface area (Å²) in [4.78, 5) is 24.6. The lowest BCUT2D eigenvalue weighted by atomic mass is 10.1. The topological polar surface area (TPSA) is 49.0 Å². The van der Waals surface area contributed by atoms with Gasteiger partial charge < -0.3 is 9.88 Å². The van der Waals surface area contributed by atoms with Gasteiger partial charge in [0.1, 0.15) is 10.7 Å². The molecule has 4 nitrogen and oxygen atoms in total. The van der Waals surface area contributed by atoms with Crippen LogP contribution in [0.3, 0.4) is 0 Å². The summed E-state index contributed by atoms with van der Waals surface area (Å²) in [5, 5.41) is 0.824. The van der Waals surface area contributed by atoms with Gasteiger partial charge in [-0.15, -0.1) is 11.3 Å². The monoisotopic (exact) mass is 339 g/mol. The van der Waals surface area contributed by atoms with E-state index in [0.29, 0.717) is 6.54 Å². The maximum Gasteiger partial charge on any atom is 0.259 e. The molecule has 0 aliphatic heterocycles. The van der Waals surface area contributed by atoms with E-state index in [1.54, 1.807) is 11.3 Å². The molecule has 0 spiro atoms. The lowest BCUT2D eigenvalue weighted by Crippen LogP contribution is -2.21. The van der Waals surface area contributed by atoms with Gasteiger partial charge in [0.25, 0.3) is 5.56 Å². The highest BCUT2D eigenvalue weighted by Gasteiger charge is 2.21. The van der Waals surface area contributed by atoms with E-state index in [-0.39, 0.29) is 5.56 Å². The number of fused-ring (bicyclic) bond motifs is 3. The van der Waals surface area contributed by atoms with Gasteiger partial charge in [-0.25, -0.2) is 4.98 Å². The standard InChI is InChI=1S/C19H21N3OS/c1-11-7-12(2)9-13(8-11)22(3)10-16-20-18(23)17-14-5-4-6-15(14)24-19(17)21-16/h7-9H,4-6,10H2,1-3H3,(H,20,21,23). The molecule has 24 heavy (non-hydrogen) atoms. The van der Waals surface area contributed by atoms with Crippen LogP contribution in [0.15, 0.2) is 23.0 Å². The van der Waals surface area contributed by atoms with Gasteiger partial charge in [-0.3, -0.25) is 4.79 Å². The summed E-state index contributed by atoms with van der Waals surface area (Å²) in [6, 6.07) is 6.48. The minimum Gasteiger partial charge on any atom is -0.367 e. The third-order valence-electron chi connectivity index (χ3n) is 4.66. The SMILES string of the molecule is Cc1cc(C)cc(N(C)Cc2nc3sc4c(c3c(=O)[nH]2)CCC4)c1. The number of nitrogens with one attached hydrogen (secondary N) is 1. The Balaban J connectivity index is 1.68. The largest absolute Gasteiger partial charge is 0.367 e. The van der Waals surface area contributed by atoms with Crippen LogP contribution in [0, 0.1) is 13.8 Å². The Morgan fingerprint density at radius 2 is 1.96 bits per heavy atom. The Labute approximate surface area is 145 Å².